The van der Waals surface area contributed by atoms with Crippen LogP contribution in [0.1, 0.15) is 13.8 Å². The van der Waals surface area contributed by atoms with Crippen LogP contribution in [0.15, 0.2) is 24.3 Å². The molecule has 3 nitrogen and oxygen atoms in total. The van der Waals surface area contributed by atoms with Gasteiger partial charge in [0.25, 0.3) is 0 Å². The maximum Gasteiger partial charge on any atom is 0.142 e. The number of rotatable bonds is 4. The van der Waals surface area contributed by atoms with E-state index in [2.05, 4.69) is 30.9 Å². The van der Waals surface area contributed by atoms with Gasteiger partial charge in [-0.1, -0.05) is 26.0 Å². The minimum Gasteiger partial charge on any atom is -0.491 e. The Labute approximate surface area is 103 Å². The van der Waals surface area contributed by atoms with E-state index in [-0.39, 0.29) is 0 Å². The zero-order chi connectivity index (χ0) is 12.1. The van der Waals surface area contributed by atoms with E-state index in [1.165, 1.54) is 5.69 Å². The van der Waals surface area contributed by atoms with Crippen LogP contribution in [-0.4, -0.2) is 32.9 Å². The van der Waals surface area contributed by atoms with Crippen molar-refractivity contribution in [3.05, 3.63) is 24.3 Å². The van der Waals surface area contributed by atoms with Crippen LogP contribution in [0.5, 0.6) is 5.75 Å². The number of nitrogens with zero attached hydrogens (tertiary/aromatic N) is 1. The molecule has 0 N–H and O–H groups in total. The first kappa shape index (κ1) is 12.2. The molecule has 94 valence electrons. The summed E-state index contributed by atoms with van der Waals surface area (Å²) in [6.07, 6.45) is 0. The van der Waals surface area contributed by atoms with Crippen molar-refractivity contribution in [2.45, 2.75) is 13.8 Å². The predicted molar refractivity (Wildman–Crippen MR) is 69.8 cm³/mol. The van der Waals surface area contributed by atoms with Gasteiger partial charge in [0.2, 0.25) is 0 Å². The molecule has 1 fully saturated rings. The molecule has 0 saturated carbocycles. The maximum atomic E-state index is 5.87. The Kier molecular flexibility index (Phi) is 4.26. The molecule has 0 spiro atoms. The van der Waals surface area contributed by atoms with Crippen LogP contribution in [0, 0.1) is 5.92 Å². The van der Waals surface area contributed by atoms with E-state index in [9.17, 15) is 0 Å². The SMILES string of the molecule is CC(C)COc1ccccc1N1CCOCC1. The summed E-state index contributed by atoms with van der Waals surface area (Å²) in [5.74, 6) is 1.54. The van der Waals surface area contributed by atoms with Gasteiger partial charge in [-0.2, -0.15) is 0 Å². The van der Waals surface area contributed by atoms with Gasteiger partial charge in [-0.15, -0.1) is 0 Å². The minimum atomic E-state index is 0.549. The van der Waals surface area contributed by atoms with E-state index in [4.69, 9.17) is 9.47 Å². The molecule has 0 bridgehead atoms. The molecule has 1 aliphatic heterocycles. The average Bonchev–Trinajstić information content (AvgIpc) is 2.38. The van der Waals surface area contributed by atoms with Gasteiger partial charge in [0.1, 0.15) is 5.75 Å². The smallest absolute Gasteiger partial charge is 0.142 e. The van der Waals surface area contributed by atoms with Gasteiger partial charge in [0.15, 0.2) is 0 Å². The van der Waals surface area contributed by atoms with Crippen LogP contribution >= 0.6 is 0 Å². The number of benzene rings is 1. The highest BCUT2D eigenvalue weighted by atomic mass is 16.5. The van der Waals surface area contributed by atoms with Crippen LogP contribution in [0.4, 0.5) is 5.69 Å². The molecule has 1 heterocycles. The second-order valence-corrected chi connectivity index (χ2v) is 4.77. The molecule has 0 atom stereocenters. The summed E-state index contributed by atoms with van der Waals surface area (Å²) in [6, 6.07) is 8.26. The fraction of sp³-hybridized carbons (Fsp3) is 0.571. The summed E-state index contributed by atoms with van der Waals surface area (Å²) < 4.78 is 11.2. The Morgan fingerprint density at radius 3 is 2.65 bits per heavy atom. The summed E-state index contributed by atoms with van der Waals surface area (Å²) in [6.45, 7) is 8.59. The molecule has 0 radical (unpaired) electrons. The van der Waals surface area contributed by atoms with Gasteiger partial charge in [-0.05, 0) is 18.1 Å². The number of anilines is 1. The molecule has 0 aliphatic carbocycles. The molecular formula is C14H21NO2. The van der Waals surface area contributed by atoms with Gasteiger partial charge in [-0.3, -0.25) is 0 Å². The van der Waals surface area contributed by atoms with Crippen molar-refractivity contribution in [3.63, 3.8) is 0 Å². The van der Waals surface area contributed by atoms with Gasteiger partial charge < -0.3 is 14.4 Å². The second kappa shape index (κ2) is 5.92. The summed E-state index contributed by atoms with van der Waals surface area (Å²) in [5, 5.41) is 0. The quantitative estimate of drug-likeness (QED) is 0.800. The van der Waals surface area contributed by atoms with Gasteiger partial charge in [0.05, 0.1) is 25.5 Å². The lowest BCUT2D eigenvalue weighted by atomic mass is 10.2. The van der Waals surface area contributed by atoms with E-state index in [0.29, 0.717) is 5.92 Å². The molecule has 1 aliphatic rings. The molecule has 0 aromatic heterocycles. The van der Waals surface area contributed by atoms with Crippen molar-refractivity contribution in [1.29, 1.82) is 0 Å². The zero-order valence-electron chi connectivity index (χ0n) is 10.7. The van der Waals surface area contributed by atoms with Crippen molar-refractivity contribution >= 4 is 5.69 Å². The average molecular weight is 235 g/mol. The Morgan fingerprint density at radius 2 is 1.94 bits per heavy atom. The third kappa shape index (κ3) is 3.37. The van der Waals surface area contributed by atoms with Crippen molar-refractivity contribution in [3.8, 4) is 5.75 Å². The standard InChI is InChI=1S/C14H21NO2/c1-12(2)11-17-14-6-4-3-5-13(14)15-7-9-16-10-8-15/h3-6,12H,7-11H2,1-2H3. The largest absolute Gasteiger partial charge is 0.491 e. The van der Waals surface area contributed by atoms with Crippen molar-refractivity contribution in [2.24, 2.45) is 5.92 Å². The maximum absolute atomic E-state index is 5.87. The third-order valence-corrected chi connectivity index (χ3v) is 2.79. The molecule has 17 heavy (non-hydrogen) atoms. The fourth-order valence-electron chi connectivity index (χ4n) is 1.90. The molecule has 0 amide bonds. The number of hydrogen-bond acceptors (Lipinski definition) is 3. The van der Waals surface area contributed by atoms with E-state index < -0.39 is 0 Å². The van der Waals surface area contributed by atoms with Crippen molar-refractivity contribution in [1.82, 2.24) is 0 Å². The van der Waals surface area contributed by atoms with E-state index in [0.717, 1.165) is 38.7 Å². The fourth-order valence-corrected chi connectivity index (χ4v) is 1.90. The Morgan fingerprint density at radius 1 is 1.24 bits per heavy atom. The van der Waals surface area contributed by atoms with Crippen LogP contribution < -0.4 is 9.64 Å². The highest BCUT2D eigenvalue weighted by Gasteiger charge is 2.15. The van der Waals surface area contributed by atoms with Crippen LogP contribution in [0.2, 0.25) is 0 Å². The molecular weight excluding hydrogens is 214 g/mol. The highest BCUT2D eigenvalue weighted by molar-refractivity contribution is 5.58. The Balaban J connectivity index is 2.09. The second-order valence-electron chi connectivity index (χ2n) is 4.77. The normalized spacial score (nSPS) is 16.3. The van der Waals surface area contributed by atoms with E-state index in [1.807, 2.05) is 12.1 Å². The Hall–Kier alpha value is -1.22. The monoisotopic (exact) mass is 235 g/mol. The molecule has 3 heteroatoms. The third-order valence-electron chi connectivity index (χ3n) is 2.79. The van der Waals surface area contributed by atoms with Crippen LogP contribution in [-0.2, 0) is 4.74 Å². The molecule has 0 unspecified atom stereocenters. The van der Waals surface area contributed by atoms with Crippen molar-refractivity contribution in [2.75, 3.05) is 37.8 Å². The van der Waals surface area contributed by atoms with Crippen LogP contribution in [0.3, 0.4) is 0 Å². The number of para-hydroxylation sites is 2. The number of hydrogen-bond donors (Lipinski definition) is 0. The summed E-state index contributed by atoms with van der Waals surface area (Å²) >= 11 is 0. The molecule has 2 rings (SSSR count). The lowest BCUT2D eigenvalue weighted by Gasteiger charge is -2.30. The summed E-state index contributed by atoms with van der Waals surface area (Å²) in [7, 11) is 0. The first-order valence-corrected chi connectivity index (χ1v) is 6.32. The predicted octanol–water partition coefficient (Wildman–Crippen LogP) is 2.56. The van der Waals surface area contributed by atoms with Crippen LogP contribution in [0.25, 0.3) is 0 Å². The molecule has 1 aromatic rings. The van der Waals surface area contributed by atoms with Gasteiger partial charge >= 0.3 is 0 Å². The topological polar surface area (TPSA) is 21.7 Å². The van der Waals surface area contributed by atoms with E-state index in [1.54, 1.807) is 0 Å². The number of ether oxygens (including phenoxy) is 2. The number of morpholine rings is 1. The van der Waals surface area contributed by atoms with Crippen molar-refractivity contribution < 1.29 is 9.47 Å². The zero-order valence-corrected chi connectivity index (χ0v) is 10.7. The minimum absolute atomic E-state index is 0.549. The lowest BCUT2D eigenvalue weighted by molar-refractivity contribution is 0.122. The summed E-state index contributed by atoms with van der Waals surface area (Å²) in [5.41, 5.74) is 1.19. The molecule has 1 saturated heterocycles. The lowest BCUT2D eigenvalue weighted by Crippen LogP contribution is -2.36. The highest BCUT2D eigenvalue weighted by Crippen LogP contribution is 2.28. The van der Waals surface area contributed by atoms with E-state index >= 15 is 0 Å². The Bertz CT molecular complexity index is 346. The van der Waals surface area contributed by atoms with Gasteiger partial charge in [-0.25, -0.2) is 0 Å². The van der Waals surface area contributed by atoms with Gasteiger partial charge in [0, 0.05) is 13.1 Å². The molecule has 1 aromatic carbocycles. The first-order valence-electron chi connectivity index (χ1n) is 6.32. The first-order chi connectivity index (χ1) is 8.27. The summed E-state index contributed by atoms with van der Waals surface area (Å²) in [4.78, 5) is 2.33.